The van der Waals surface area contributed by atoms with Gasteiger partial charge in [-0.15, -0.1) is 0 Å². The van der Waals surface area contributed by atoms with Crippen LogP contribution in [0.3, 0.4) is 0 Å². The minimum Gasteiger partial charge on any atom is -0.461 e. The predicted molar refractivity (Wildman–Crippen MR) is 73.6 cm³/mol. The molecule has 2 aromatic rings. The zero-order valence-electron chi connectivity index (χ0n) is 10.1. The van der Waals surface area contributed by atoms with Crippen molar-refractivity contribution in [2.75, 3.05) is 6.26 Å². The first-order valence-corrected chi connectivity index (χ1v) is 8.56. The Bertz CT molecular complexity index is 635. The predicted octanol–water partition coefficient (Wildman–Crippen LogP) is 3.50. The van der Waals surface area contributed by atoms with Gasteiger partial charge < -0.3 is 4.42 Å². The van der Waals surface area contributed by atoms with Crippen molar-refractivity contribution in [1.29, 1.82) is 0 Å². The lowest BCUT2D eigenvalue weighted by Crippen LogP contribution is -1.98. The Morgan fingerprint density at radius 2 is 1.78 bits per heavy atom. The van der Waals surface area contributed by atoms with Crippen molar-refractivity contribution in [3.8, 4) is 0 Å². The highest BCUT2D eigenvalue weighted by molar-refractivity contribution is 8.13. The largest absolute Gasteiger partial charge is 0.461 e. The average molecular weight is 287 g/mol. The Morgan fingerprint density at radius 3 is 2.50 bits per heavy atom. The third-order valence-corrected chi connectivity index (χ3v) is 2.86. The van der Waals surface area contributed by atoms with E-state index in [1.165, 1.54) is 36.0 Å². The smallest absolute Gasteiger partial charge is 0.229 e. The van der Waals surface area contributed by atoms with Crippen molar-refractivity contribution >= 4 is 30.7 Å². The molecule has 0 atom stereocenters. The molecule has 0 saturated heterocycles. The first kappa shape index (κ1) is 13.4. The van der Waals surface area contributed by atoms with Gasteiger partial charge in [-0.2, -0.15) is 0 Å². The van der Waals surface area contributed by atoms with Gasteiger partial charge in [-0.1, -0.05) is 18.2 Å². The second-order valence-corrected chi connectivity index (χ2v) is 7.43. The Balaban J connectivity index is 0.000000209. The van der Waals surface area contributed by atoms with Crippen molar-refractivity contribution in [2.45, 2.75) is 25.7 Å². The molecule has 0 fully saturated rings. The number of fused-ring (bicyclic) bond motifs is 3. The molecule has 0 bridgehead atoms. The third kappa shape index (κ3) is 3.50. The van der Waals surface area contributed by atoms with Gasteiger partial charge in [0.25, 0.3) is 0 Å². The van der Waals surface area contributed by atoms with Crippen LogP contribution in [-0.2, 0) is 21.9 Å². The zero-order chi connectivity index (χ0) is 13.2. The maximum absolute atomic E-state index is 9.40. The highest BCUT2D eigenvalue weighted by Crippen LogP contribution is 2.31. The van der Waals surface area contributed by atoms with Crippen LogP contribution in [0.2, 0.25) is 0 Å². The van der Waals surface area contributed by atoms with E-state index in [1.807, 2.05) is 6.07 Å². The van der Waals surface area contributed by atoms with Crippen molar-refractivity contribution in [1.82, 2.24) is 0 Å². The number of benzene rings is 1. The van der Waals surface area contributed by atoms with E-state index in [2.05, 4.69) is 28.9 Å². The molecule has 0 saturated carbocycles. The summed E-state index contributed by atoms with van der Waals surface area (Å²) in [7, 11) is 1.31. The maximum Gasteiger partial charge on any atom is 0.229 e. The van der Waals surface area contributed by atoms with Crippen LogP contribution in [0.25, 0.3) is 11.0 Å². The van der Waals surface area contributed by atoms with E-state index in [4.69, 9.17) is 4.42 Å². The van der Waals surface area contributed by atoms with Crippen LogP contribution < -0.4 is 0 Å². The molecule has 1 aliphatic carbocycles. The SMILES string of the molecule is CS(=O)(=O)Cl.c1ccc2c3c(oc2c1)CCCC3. The van der Waals surface area contributed by atoms with Gasteiger partial charge >= 0.3 is 0 Å². The van der Waals surface area contributed by atoms with Gasteiger partial charge in [0, 0.05) is 28.1 Å². The first-order valence-electron chi connectivity index (χ1n) is 5.84. The highest BCUT2D eigenvalue weighted by Gasteiger charge is 2.16. The molecule has 0 aliphatic heterocycles. The molecular formula is C13H15ClO3S. The molecule has 98 valence electrons. The quantitative estimate of drug-likeness (QED) is 0.697. The van der Waals surface area contributed by atoms with E-state index in [0.29, 0.717) is 0 Å². The maximum atomic E-state index is 9.40. The summed E-state index contributed by atoms with van der Waals surface area (Å²) in [5, 5.41) is 1.33. The lowest BCUT2D eigenvalue weighted by molar-refractivity contribution is 0.506. The number of hydrogen-bond donors (Lipinski definition) is 0. The number of aryl methyl sites for hydroxylation is 2. The summed E-state index contributed by atoms with van der Waals surface area (Å²) in [5.74, 6) is 1.23. The van der Waals surface area contributed by atoms with Crippen LogP contribution in [0.4, 0.5) is 0 Å². The highest BCUT2D eigenvalue weighted by atomic mass is 35.7. The molecule has 3 rings (SSSR count). The van der Waals surface area contributed by atoms with Gasteiger partial charge in [-0.05, 0) is 25.3 Å². The lowest BCUT2D eigenvalue weighted by atomic mass is 9.96. The number of hydrogen-bond acceptors (Lipinski definition) is 3. The van der Waals surface area contributed by atoms with Gasteiger partial charge in [0.15, 0.2) is 0 Å². The van der Waals surface area contributed by atoms with Crippen LogP contribution in [0.5, 0.6) is 0 Å². The second kappa shape index (κ2) is 5.33. The fraction of sp³-hybridized carbons (Fsp3) is 0.385. The van der Waals surface area contributed by atoms with Crippen molar-refractivity contribution in [2.24, 2.45) is 0 Å². The summed E-state index contributed by atoms with van der Waals surface area (Å²) in [6, 6.07) is 8.36. The Hall–Kier alpha value is -1.00. The minimum atomic E-state index is -3.19. The number of para-hydroxylation sites is 1. The van der Waals surface area contributed by atoms with E-state index in [9.17, 15) is 8.42 Å². The van der Waals surface area contributed by atoms with Crippen LogP contribution >= 0.6 is 10.7 Å². The summed E-state index contributed by atoms with van der Waals surface area (Å²) in [6.45, 7) is 0. The summed E-state index contributed by atoms with van der Waals surface area (Å²) < 4.78 is 24.6. The Morgan fingerprint density at radius 1 is 1.17 bits per heavy atom. The van der Waals surface area contributed by atoms with Gasteiger partial charge in [-0.3, -0.25) is 0 Å². The first-order chi connectivity index (χ1) is 8.45. The molecule has 1 aromatic carbocycles. The second-order valence-electron chi connectivity index (χ2n) is 4.39. The van der Waals surface area contributed by atoms with Gasteiger partial charge in [-0.25, -0.2) is 8.42 Å². The summed E-state index contributed by atoms with van der Waals surface area (Å²) in [4.78, 5) is 0. The summed E-state index contributed by atoms with van der Waals surface area (Å²) >= 11 is 0. The number of rotatable bonds is 0. The van der Waals surface area contributed by atoms with E-state index in [1.54, 1.807) is 0 Å². The number of halogens is 1. The van der Waals surface area contributed by atoms with Crippen molar-refractivity contribution in [3.05, 3.63) is 35.6 Å². The van der Waals surface area contributed by atoms with Gasteiger partial charge in [0.05, 0.1) is 6.26 Å². The van der Waals surface area contributed by atoms with Crippen LogP contribution in [0.15, 0.2) is 28.7 Å². The molecule has 1 aliphatic rings. The molecule has 0 radical (unpaired) electrons. The molecule has 1 heterocycles. The topological polar surface area (TPSA) is 47.3 Å². The Kier molecular flexibility index (Phi) is 3.97. The fourth-order valence-electron chi connectivity index (χ4n) is 2.21. The molecular weight excluding hydrogens is 272 g/mol. The van der Waals surface area contributed by atoms with E-state index >= 15 is 0 Å². The van der Waals surface area contributed by atoms with Gasteiger partial charge in [0.2, 0.25) is 9.05 Å². The third-order valence-electron chi connectivity index (χ3n) is 2.86. The molecule has 0 spiro atoms. The van der Waals surface area contributed by atoms with Crippen LogP contribution in [0, 0.1) is 0 Å². The monoisotopic (exact) mass is 286 g/mol. The fourth-order valence-corrected chi connectivity index (χ4v) is 2.21. The zero-order valence-corrected chi connectivity index (χ0v) is 11.7. The van der Waals surface area contributed by atoms with E-state index in [-0.39, 0.29) is 0 Å². The van der Waals surface area contributed by atoms with Crippen molar-refractivity contribution < 1.29 is 12.8 Å². The lowest BCUT2D eigenvalue weighted by Gasteiger charge is -2.08. The van der Waals surface area contributed by atoms with Crippen LogP contribution in [0.1, 0.15) is 24.2 Å². The minimum absolute atomic E-state index is 0.925. The van der Waals surface area contributed by atoms with Crippen molar-refractivity contribution in [3.63, 3.8) is 0 Å². The van der Waals surface area contributed by atoms with Gasteiger partial charge in [0.1, 0.15) is 11.3 Å². The van der Waals surface area contributed by atoms with E-state index in [0.717, 1.165) is 18.3 Å². The van der Waals surface area contributed by atoms with Crippen LogP contribution in [-0.4, -0.2) is 14.7 Å². The standard InChI is InChI=1S/C12H12O.CH3ClO2S/c1-3-7-11-9(5-1)10-6-2-4-8-12(10)13-11;1-5(2,3)4/h1,3,5,7H,2,4,6,8H2;1H3. The molecule has 0 amide bonds. The number of furan rings is 1. The molecule has 0 unspecified atom stereocenters. The Labute approximate surface area is 111 Å². The van der Waals surface area contributed by atoms with E-state index < -0.39 is 9.05 Å². The summed E-state index contributed by atoms with van der Waals surface area (Å²) in [6.07, 6.45) is 5.86. The molecule has 18 heavy (non-hydrogen) atoms. The molecule has 3 nitrogen and oxygen atoms in total. The normalized spacial score (nSPS) is 14.8. The molecule has 5 heteroatoms. The average Bonchev–Trinajstić information content (AvgIpc) is 2.65. The molecule has 0 N–H and O–H groups in total. The molecule has 1 aromatic heterocycles. The summed E-state index contributed by atoms with van der Waals surface area (Å²) in [5.41, 5.74) is 2.52.